The van der Waals surface area contributed by atoms with Crippen molar-refractivity contribution in [3.8, 4) is 0 Å². The molecule has 0 saturated heterocycles. The number of oxazole rings is 1. The standard InChI is InChI=1S/C8H12N2O2/c1-3-10(4-2)8(11)7-5-12-6-9-7/h5-6H,3-4H2,1-2H3. The van der Waals surface area contributed by atoms with Crippen LogP contribution in [0, 0.1) is 0 Å². The molecular formula is C8H12N2O2. The molecular weight excluding hydrogens is 156 g/mol. The normalized spacial score (nSPS) is 9.83. The van der Waals surface area contributed by atoms with Crippen molar-refractivity contribution in [2.24, 2.45) is 0 Å². The third-order valence-corrected chi connectivity index (χ3v) is 1.70. The smallest absolute Gasteiger partial charge is 0.275 e. The van der Waals surface area contributed by atoms with Crippen molar-refractivity contribution >= 4 is 5.91 Å². The van der Waals surface area contributed by atoms with Gasteiger partial charge in [0.1, 0.15) is 6.26 Å². The molecule has 0 aliphatic rings. The number of aromatic nitrogens is 1. The Balaban J connectivity index is 2.70. The topological polar surface area (TPSA) is 46.3 Å². The van der Waals surface area contributed by atoms with Crippen LogP contribution in [0.3, 0.4) is 0 Å². The van der Waals surface area contributed by atoms with Crippen LogP contribution in [0.1, 0.15) is 24.3 Å². The SMILES string of the molecule is CCN(CC)C(=O)c1cocn1. The zero-order valence-electron chi connectivity index (χ0n) is 7.28. The van der Waals surface area contributed by atoms with Crippen LogP contribution >= 0.6 is 0 Å². The Bertz CT molecular complexity index is 240. The molecule has 0 saturated carbocycles. The van der Waals surface area contributed by atoms with Gasteiger partial charge in [-0.2, -0.15) is 0 Å². The molecule has 1 aromatic heterocycles. The summed E-state index contributed by atoms with van der Waals surface area (Å²) < 4.78 is 4.72. The van der Waals surface area contributed by atoms with Crippen LogP contribution in [0.15, 0.2) is 17.1 Å². The van der Waals surface area contributed by atoms with Crippen molar-refractivity contribution in [3.63, 3.8) is 0 Å². The number of hydrogen-bond acceptors (Lipinski definition) is 3. The van der Waals surface area contributed by atoms with E-state index in [1.54, 1.807) is 4.90 Å². The van der Waals surface area contributed by atoms with Crippen LogP contribution in [-0.2, 0) is 0 Å². The Labute approximate surface area is 71.2 Å². The first kappa shape index (κ1) is 8.77. The minimum absolute atomic E-state index is 0.0752. The maximum atomic E-state index is 11.5. The average Bonchev–Trinajstić information content (AvgIpc) is 2.58. The van der Waals surface area contributed by atoms with Crippen LogP contribution in [0.4, 0.5) is 0 Å². The quantitative estimate of drug-likeness (QED) is 0.680. The van der Waals surface area contributed by atoms with Crippen molar-refractivity contribution in [2.75, 3.05) is 13.1 Å². The van der Waals surface area contributed by atoms with Crippen molar-refractivity contribution in [3.05, 3.63) is 18.4 Å². The molecule has 0 aromatic carbocycles. The first-order valence-electron chi connectivity index (χ1n) is 3.97. The van der Waals surface area contributed by atoms with Gasteiger partial charge in [-0.3, -0.25) is 4.79 Å². The fourth-order valence-corrected chi connectivity index (χ4v) is 0.991. The predicted molar refractivity (Wildman–Crippen MR) is 43.8 cm³/mol. The van der Waals surface area contributed by atoms with Crippen molar-refractivity contribution < 1.29 is 9.21 Å². The molecule has 0 radical (unpaired) electrons. The Kier molecular flexibility index (Phi) is 2.85. The van der Waals surface area contributed by atoms with Crippen LogP contribution in [-0.4, -0.2) is 28.9 Å². The second kappa shape index (κ2) is 3.90. The summed E-state index contributed by atoms with van der Waals surface area (Å²) in [6, 6.07) is 0. The van der Waals surface area contributed by atoms with Crippen molar-refractivity contribution in [1.82, 2.24) is 9.88 Å². The number of carbonyl (C=O) groups is 1. The van der Waals surface area contributed by atoms with E-state index in [1.165, 1.54) is 12.7 Å². The molecule has 1 amide bonds. The Hall–Kier alpha value is -1.32. The van der Waals surface area contributed by atoms with E-state index in [4.69, 9.17) is 4.42 Å². The first-order chi connectivity index (χ1) is 5.79. The summed E-state index contributed by atoms with van der Waals surface area (Å²) in [6.07, 6.45) is 2.62. The summed E-state index contributed by atoms with van der Waals surface area (Å²) in [6.45, 7) is 5.26. The van der Waals surface area contributed by atoms with Crippen LogP contribution < -0.4 is 0 Å². The van der Waals surface area contributed by atoms with Crippen molar-refractivity contribution in [1.29, 1.82) is 0 Å². The molecule has 66 valence electrons. The van der Waals surface area contributed by atoms with Gasteiger partial charge in [0.25, 0.3) is 5.91 Å². The molecule has 0 aliphatic heterocycles. The Morgan fingerprint density at radius 3 is 2.67 bits per heavy atom. The molecule has 0 spiro atoms. The van der Waals surface area contributed by atoms with Gasteiger partial charge in [-0.25, -0.2) is 4.98 Å². The zero-order valence-corrected chi connectivity index (χ0v) is 7.28. The monoisotopic (exact) mass is 168 g/mol. The number of carbonyl (C=O) groups excluding carboxylic acids is 1. The Morgan fingerprint density at radius 2 is 2.25 bits per heavy atom. The minimum atomic E-state index is -0.0752. The van der Waals surface area contributed by atoms with E-state index in [0.717, 1.165) is 0 Å². The molecule has 1 rings (SSSR count). The van der Waals surface area contributed by atoms with Crippen molar-refractivity contribution in [2.45, 2.75) is 13.8 Å². The second-order valence-electron chi connectivity index (χ2n) is 2.35. The summed E-state index contributed by atoms with van der Waals surface area (Å²) in [5.41, 5.74) is 0.374. The zero-order chi connectivity index (χ0) is 8.97. The summed E-state index contributed by atoms with van der Waals surface area (Å²) in [4.78, 5) is 16.9. The maximum Gasteiger partial charge on any atom is 0.275 e. The predicted octanol–water partition coefficient (Wildman–Crippen LogP) is 1.16. The third-order valence-electron chi connectivity index (χ3n) is 1.70. The first-order valence-corrected chi connectivity index (χ1v) is 3.97. The molecule has 1 heterocycles. The number of rotatable bonds is 3. The molecule has 0 fully saturated rings. The third kappa shape index (κ3) is 1.64. The van der Waals surface area contributed by atoms with Gasteiger partial charge in [0.05, 0.1) is 0 Å². The lowest BCUT2D eigenvalue weighted by molar-refractivity contribution is 0.0767. The van der Waals surface area contributed by atoms with Gasteiger partial charge in [-0.1, -0.05) is 0 Å². The van der Waals surface area contributed by atoms with Gasteiger partial charge in [0.2, 0.25) is 0 Å². The molecule has 12 heavy (non-hydrogen) atoms. The van der Waals surface area contributed by atoms with Gasteiger partial charge in [-0.05, 0) is 13.8 Å². The highest BCUT2D eigenvalue weighted by atomic mass is 16.3. The van der Waals surface area contributed by atoms with E-state index in [9.17, 15) is 4.79 Å². The van der Waals surface area contributed by atoms with Gasteiger partial charge in [-0.15, -0.1) is 0 Å². The van der Waals surface area contributed by atoms with Gasteiger partial charge >= 0.3 is 0 Å². The van der Waals surface area contributed by atoms with E-state index >= 15 is 0 Å². The summed E-state index contributed by atoms with van der Waals surface area (Å²) in [5, 5.41) is 0. The molecule has 0 N–H and O–H groups in total. The summed E-state index contributed by atoms with van der Waals surface area (Å²) in [5.74, 6) is -0.0752. The summed E-state index contributed by atoms with van der Waals surface area (Å²) >= 11 is 0. The van der Waals surface area contributed by atoms with E-state index in [2.05, 4.69) is 4.98 Å². The lowest BCUT2D eigenvalue weighted by Gasteiger charge is -2.16. The van der Waals surface area contributed by atoms with E-state index in [1.807, 2.05) is 13.8 Å². The van der Waals surface area contributed by atoms with E-state index in [0.29, 0.717) is 18.8 Å². The molecule has 1 aromatic rings. The van der Waals surface area contributed by atoms with Crippen LogP contribution in [0.5, 0.6) is 0 Å². The second-order valence-corrected chi connectivity index (χ2v) is 2.35. The van der Waals surface area contributed by atoms with Crippen LogP contribution in [0.25, 0.3) is 0 Å². The number of nitrogens with zero attached hydrogens (tertiary/aromatic N) is 2. The highest BCUT2D eigenvalue weighted by Crippen LogP contribution is 2.00. The van der Waals surface area contributed by atoms with E-state index < -0.39 is 0 Å². The fraction of sp³-hybridized carbons (Fsp3) is 0.500. The average molecular weight is 168 g/mol. The summed E-state index contributed by atoms with van der Waals surface area (Å²) in [7, 11) is 0. The molecule has 4 heteroatoms. The lowest BCUT2D eigenvalue weighted by Crippen LogP contribution is -2.30. The minimum Gasteiger partial charge on any atom is -0.451 e. The van der Waals surface area contributed by atoms with E-state index in [-0.39, 0.29) is 5.91 Å². The number of amides is 1. The largest absolute Gasteiger partial charge is 0.451 e. The highest BCUT2D eigenvalue weighted by molar-refractivity contribution is 5.91. The Morgan fingerprint density at radius 1 is 1.58 bits per heavy atom. The highest BCUT2D eigenvalue weighted by Gasteiger charge is 2.14. The molecule has 0 bridgehead atoms. The van der Waals surface area contributed by atoms with Crippen LogP contribution in [0.2, 0.25) is 0 Å². The maximum absolute atomic E-state index is 11.5. The molecule has 0 aliphatic carbocycles. The fourth-order valence-electron chi connectivity index (χ4n) is 0.991. The lowest BCUT2D eigenvalue weighted by atomic mass is 10.4. The molecule has 4 nitrogen and oxygen atoms in total. The van der Waals surface area contributed by atoms with Gasteiger partial charge in [0, 0.05) is 13.1 Å². The molecule has 0 unspecified atom stereocenters. The molecule has 0 atom stereocenters. The van der Waals surface area contributed by atoms with Gasteiger partial charge in [0.15, 0.2) is 12.1 Å². The number of hydrogen-bond donors (Lipinski definition) is 0. The van der Waals surface area contributed by atoms with Gasteiger partial charge < -0.3 is 9.32 Å².